The monoisotopic (exact) mass is 440 g/mol. The molecule has 9 heteroatoms. The number of ether oxygens (including phenoxy) is 2. The number of nitrogens with zero attached hydrogens (tertiary/aromatic N) is 1. The largest absolute Gasteiger partial charge is 0.494 e. The van der Waals surface area contributed by atoms with Crippen molar-refractivity contribution in [1.29, 1.82) is 0 Å². The van der Waals surface area contributed by atoms with Crippen molar-refractivity contribution in [2.24, 2.45) is 0 Å². The summed E-state index contributed by atoms with van der Waals surface area (Å²) >= 11 is 0. The molecule has 3 rings (SSSR count). The number of carbonyl (C=O) groups is 1. The molecule has 31 heavy (non-hydrogen) atoms. The van der Waals surface area contributed by atoms with Crippen molar-refractivity contribution in [2.75, 3.05) is 12.4 Å². The maximum absolute atomic E-state index is 12.5. The van der Waals surface area contributed by atoms with Gasteiger partial charge in [-0.1, -0.05) is 19.9 Å². The first-order valence-corrected chi connectivity index (χ1v) is 10.0. The average Bonchev–Trinajstić information content (AvgIpc) is 3.24. The molecular formula is C22H30F2N2O5. The first-order chi connectivity index (χ1) is 14.9. The summed E-state index contributed by atoms with van der Waals surface area (Å²) in [6.45, 7) is 5.46. The zero-order valence-corrected chi connectivity index (χ0v) is 18.2. The normalized spacial score (nSPS) is 17.0. The second-order valence-corrected chi connectivity index (χ2v) is 6.40. The van der Waals surface area contributed by atoms with Crippen molar-refractivity contribution < 1.29 is 33.3 Å². The van der Waals surface area contributed by atoms with Gasteiger partial charge in [0.1, 0.15) is 6.10 Å². The number of aliphatic hydroxyl groups is 2. The van der Waals surface area contributed by atoms with Crippen LogP contribution in [0.5, 0.6) is 5.75 Å². The molecule has 1 fully saturated rings. The fraction of sp³-hybridized carbons (Fsp3) is 0.455. The minimum atomic E-state index is -0.940. The highest BCUT2D eigenvalue weighted by atomic mass is 19.2. The molecule has 0 bridgehead atoms. The fourth-order valence-corrected chi connectivity index (χ4v) is 2.75. The van der Waals surface area contributed by atoms with Gasteiger partial charge in [0.25, 0.3) is 5.91 Å². The van der Waals surface area contributed by atoms with Crippen LogP contribution in [0.1, 0.15) is 44.9 Å². The molecule has 172 valence electrons. The molecule has 0 saturated carbocycles. The van der Waals surface area contributed by atoms with E-state index in [-0.39, 0.29) is 31.0 Å². The minimum Gasteiger partial charge on any atom is -0.494 e. The lowest BCUT2D eigenvalue weighted by molar-refractivity contribution is -0.126. The molecule has 1 saturated heterocycles. The van der Waals surface area contributed by atoms with Crippen LogP contribution in [0, 0.1) is 11.6 Å². The number of halogens is 2. The molecule has 1 aliphatic heterocycles. The van der Waals surface area contributed by atoms with Crippen molar-refractivity contribution in [2.45, 2.75) is 59.0 Å². The van der Waals surface area contributed by atoms with E-state index in [2.05, 4.69) is 15.0 Å². The van der Waals surface area contributed by atoms with E-state index < -0.39 is 17.7 Å². The highest BCUT2D eigenvalue weighted by Gasteiger charge is 2.28. The number of pyridine rings is 1. The van der Waals surface area contributed by atoms with Crippen LogP contribution in [0.3, 0.4) is 0 Å². The van der Waals surface area contributed by atoms with E-state index in [4.69, 9.17) is 14.9 Å². The molecule has 1 aliphatic rings. The van der Waals surface area contributed by atoms with Crippen LogP contribution in [-0.4, -0.2) is 40.4 Å². The fourth-order valence-electron chi connectivity index (χ4n) is 2.75. The maximum atomic E-state index is 12.5. The quantitative estimate of drug-likeness (QED) is 0.657. The number of hydrogen-bond donors (Lipinski definition) is 3. The van der Waals surface area contributed by atoms with E-state index in [0.717, 1.165) is 12.5 Å². The van der Waals surface area contributed by atoms with Crippen LogP contribution in [0.4, 0.5) is 14.5 Å². The third-order valence-electron chi connectivity index (χ3n) is 4.31. The van der Waals surface area contributed by atoms with Crippen molar-refractivity contribution in [1.82, 2.24) is 4.98 Å². The summed E-state index contributed by atoms with van der Waals surface area (Å²) in [6, 6.07) is 5.39. The lowest BCUT2D eigenvalue weighted by Crippen LogP contribution is -2.27. The first-order valence-electron chi connectivity index (χ1n) is 10.0. The van der Waals surface area contributed by atoms with Crippen molar-refractivity contribution in [3.05, 3.63) is 53.4 Å². The second-order valence-electron chi connectivity index (χ2n) is 6.40. The van der Waals surface area contributed by atoms with Gasteiger partial charge in [-0.05, 0) is 38.0 Å². The molecule has 0 spiro atoms. The van der Waals surface area contributed by atoms with Gasteiger partial charge in [-0.25, -0.2) is 4.39 Å². The predicted molar refractivity (Wildman–Crippen MR) is 113 cm³/mol. The lowest BCUT2D eigenvalue weighted by Gasteiger charge is -2.13. The van der Waals surface area contributed by atoms with E-state index >= 15 is 0 Å². The van der Waals surface area contributed by atoms with Gasteiger partial charge in [-0.15, -0.1) is 0 Å². The van der Waals surface area contributed by atoms with Crippen LogP contribution in [0.25, 0.3) is 0 Å². The molecular weight excluding hydrogens is 410 g/mol. The molecule has 2 heterocycles. The molecule has 1 aromatic carbocycles. The SMILES string of the molecule is CC.CC1CC[C@H](C(=O)Nc2cnc(CO)c(CO)c2)O1.COc1cccc(F)c1F. The van der Waals surface area contributed by atoms with Gasteiger partial charge in [0.15, 0.2) is 11.6 Å². The highest BCUT2D eigenvalue weighted by molar-refractivity contribution is 5.94. The number of aliphatic hydroxyl groups excluding tert-OH is 2. The molecule has 1 unspecified atom stereocenters. The lowest BCUT2D eigenvalue weighted by atomic mass is 10.1. The number of nitrogens with one attached hydrogen (secondary N) is 1. The van der Waals surface area contributed by atoms with E-state index in [0.29, 0.717) is 23.4 Å². The van der Waals surface area contributed by atoms with Crippen LogP contribution in [0.15, 0.2) is 30.5 Å². The molecule has 2 atom stereocenters. The van der Waals surface area contributed by atoms with Crippen molar-refractivity contribution in [3.8, 4) is 5.75 Å². The van der Waals surface area contributed by atoms with Gasteiger partial charge in [-0.2, -0.15) is 4.39 Å². The maximum Gasteiger partial charge on any atom is 0.253 e. The van der Waals surface area contributed by atoms with Crippen LogP contribution < -0.4 is 10.1 Å². The Balaban J connectivity index is 0.000000337. The van der Waals surface area contributed by atoms with Gasteiger partial charge in [0.2, 0.25) is 5.82 Å². The van der Waals surface area contributed by atoms with E-state index in [9.17, 15) is 13.6 Å². The zero-order chi connectivity index (χ0) is 23.4. The molecule has 3 N–H and O–H groups in total. The highest BCUT2D eigenvalue weighted by Crippen LogP contribution is 2.21. The van der Waals surface area contributed by atoms with Crippen molar-refractivity contribution >= 4 is 11.6 Å². The summed E-state index contributed by atoms with van der Waals surface area (Å²) in [7, 11) is 1.29. The summed E-state index contributed by atoms with van der Waals surface area (Å²) in [4.78, 5) is 15.9. The van der Waals surface area contributed by atoms with Crippen LogP contribution >= 0.6 is 0 Å². The second kappa shape index (κ2) is 13.6. The number of methoxy groups -OCH3 is 1. The van der Waals surface area contributed by atoms with Crippen LogP contribution in [0.2, 0.25) is 0 Å². The number of anilines is 1. The van der Waals surface area contributed by atoms with Crippen LogP contribution in [-0.2, 0) is 22.7 Å². The Hall–Kier alpha value is -2.62. The number of aromatic nitrogens is 1. The number of hydrogen-bond acceptors (Lipinski definition) is 6. The molecule has 1 amide bonds. The number of amides is 1. The van der Waals surface area contributed by atoms with E-state index in [1.54, 1.807) is 6.07 Å². The number of rotatable bonds is 5. The molecule has 0 radical (unpaired) electrons. The van der Waals surface area contributed by atoms with Gasteiger partial charge in [0.05, 0.1) is 44.0 Å². The van der Waals surface area contributed by atoms with Gasteiger partial charge in [0, 0.05) is 5.56 Å². The third kappa shape index (κ3) is 7.86. The Morgan fingerprint density at radius 3 is 2.48 bits per heavy atom. The predicted octanol–water partition coefficient (Wildman–Crippen LogP) is 3.57. The summed E-state index contributed by atoms with van der Waals surface area (Å²) in [5.41, 5.74) is 1.40. The number of benzene rings is 1. The first kappa shape index (κ1) is 26.4. The Bertz CT molecular complexity index is 836. The van der Waals surface area contributed by atoms with Gasteiger partial charge in [-0.3, -0.25) is 9.78 Å². The summed E-state index contributed by atoms with van der Waals surface area (Å²) in [5, 5.41) is 20.9. The van der Waals surface area contributed by atoms with E-state index in [1.165, 1.54) is 25.4 Å². The topological polar surface area (TPSA) is 101 Å². The smallest absolute Gasteiger partial charge is 0.253 e. The average molecular weight is 440 g/mol. The Morgan fingerprint density at radius 1 is 1.26 bits per heavy atom. The molecule has 7 nitrogen and oxygen atoms in total. The Morgan fingerprint density at radius 2 is 1.97 bits per heavy atom. The van der Waals surface area contributed by atoms with Gasteiger partial charge >= 0.3 is 0 Å². The molecule has 2 aromatic rings. The Kier molecular flexibility index (Phi) is 11.6. The molecule has 0 aliphatic carbocycles. The summed E-state index contributed by atoms with van der Waals surface area (Å²) in [6.07, 6.45) is 2.73. The summed E-state index contributed by atoms with van der Waals surface area (Å²) in [5.74, 6) is -2.10. The zero-order valence-electron chi connectivity index (χ0n) is 18.2. The molecule has 1 aromatic heterocycles. The third-order valence-corrected chi connectivity index (χ3v) is 4.31. The van der Waals surface area contributed by atoms with E-state index in [1.807, 2.05) is 20.8 Å². The standard InChI is InChI=1S/C13H18N2O4.C7H6F2O.C2H6/c1-8-2-3-12(19-8)13(18)15-10-4-9(6-16)11(7-17)14-5-10;1-10-6-4-2-3-5(8)7(6)9;1-2/h4-5,8,12,16-17H,2-3,6-7H2,1H3,(H,15,18);2-4H,1H3;1-2H3/t8?,12-;;/m1../s1. The van der Waals surface area contributed by atoms with Crippen molar-refractivity contribution in [3.63, 3.8) is 0 Å². The van der Waals surface area contributed by atoms with Gasteiger partial charge < -0.3 is 25.0 Å². The minimum absolute atomic E-state index is 0.0694. The summed E-state index contributed by atoms with van der Waals surface area (Å²) < 4.78 is 34.8. The Labute approximate surface area is 181 Å². The number of carbonyl (C=O) groups excluding carboxylic acids is 1.